The third-order valence-corrected chi connectivity index (χ3v) is 3.42. The van der Waals surface area contributed by atoms with E-state index >= 15 is 0 Å². The number of carbonyl (C=O) groups excluding carboxylic acids is 1. The first-order valence-electron chi connectivity index (χ1n) is 4.72. The number of hydrogen-bond acceptors (Lipinski definition) is 2. The molecule has 0 radical (unpaired) electrons. The fourth-order valence-electron chi connectivity index (χ4n) is 2.51. The van der Waals surface area contributed by atoms with E-state index in [1.807, 2.05) is 4.90 Å². The van der Waals surface area contributed by atoms with Gasteiger partial charge < -0.3 is 9.64 Å². The monoisotopic (exact) mass is 203 g/mol. The Kier molecular flexibility index (Phi) is 2.37. The number of piperidine rings is 1. The molecule has 2 heterocycles. The summed E-state index contributed by atoms with van der Waals surface area (Å²) in [6.07, 6.45) is 3.84. The highest BCUT2D eigenvalue weighted by atomic mass is 35.5. The molecule has 0 aromatic heterocycles. The molecule has 0 aliphatic carbocycles. The smallest absolute Gasteiger partial charge is 0.409 e. The number of methoxy groups -OCH3 is 1. The highest BCUT2D eigenvalue weighted by Crippen LogP contribution is 2.37. The largest absolute Gasteiger partial charge is 0.453 e. The third-order valence-electron chi connectivity index (χ3n) is 3.06. The number of carbonyl (C=O) groups is 1. The van der Waals surface area contributed by atoms with Gasteiger partial charge in [0.15, 0.2) is 0 Å². The molecular weight excluding hydrogens is 190 g/mol. The molecule has 0 aromatic rings. The Labute approximate surface area is 83.0 Å². The lowest BCUT2D eigenvalue weighted by atomic mass is 10.0. The Morgan fingerprint density at radius 2 is 1.92 bits per heavy atom. The van der Waals surface area contributed by atoms with Gasteiger partial charge in [0.1, 0.15) is 0 Å². The van der Waals surface area contributed by atoms with Crippen LogP contribution in [-0.4, -0.2) is 35.6 Å². The lowest BCUT2D eigenvalue weighted by Crippen LogP contribution is -2.46. The van der Waals surface area contributed by atoms with Gasteiger partial charge in [0.25, 0.3) is 0 Å². The van der Waals surface area contributed by atoms with E-state index in [1.165, 1.54) is 7.11 Å². The second kappa shape index (κ2) is 3.37. The maximum Gasteiger partial charge on any atom is 0.409 e. The maximum absolute atomic E-state index is 11.4. The number of nitrogens with zero attached hydrogens (tertiary/aromatic N) is 1. The number of ether oxygens (including phenoxy) is 1. The second-order valence-corrected chi connectivity index (χ2v) is 4.45. The van der Waals surface area contributed by atoms with Crippen LogP contribution < -0.4 is 0 Å². The van der Waals surface area contributed by atoms with Crippen molar-refractivity contribution >= 4 is 17.7 Å². The average Bonchev–Trinajstić information content (AvgIpc) is 2.37. The summed E-state index contributed by atoms with van der Waals surface area (Å²) < 4.78 is 4.75. The van der Waals surface area contributed by atoms with Crippen LogP contribution in [0.3, 0.4) is 0 Å². The summed E-state index contributed by atoms with van der Waals surface area (Å²) in [4.78, 5) is 13.3. The summed E-state index contributed by atoms with van der Waals surface area (Å²) in [5.41, 5.74) is 0. The normalized spacial score (nSPS) is 37.7. The minimum atomic E-state index is -0.184. The lowest BCUT2D eigenvalue weighted by molar-refractivity contribution is 0.0870. The van der Waals surface area contributed by atoms with E-state index in [-0.39, 0.29) is 11.5 Å². The van der Waals surface area contributed by atoms with Gasteiger partial charge >= 0.3 is 6.09 Å². The molecule has 4 heteroatoms. The van der Waals surface area contributed by atoms with Crippen molar-refractivity contribution in [1.82, 2.24) is 4.90 Å². The van der Waals surface area contributed by atoms with E-state index in [0.717, 1.165) is 25.7 Å². The van der Waals surface area contributed by atoms with Gasteiger partial charge in [-0.1, -0.05) is 0 Å². The van der Waals surface area contributed by atoms with Crippen LogP contribution in [0.5, 0.6) is 0 Å². The molecule has 0 spiro atoms. The second-order valence-electron chi connectivity index (χ2n) is 3.83. The minimum Gasteiger partial charge on any atom is -0.453 e. The Balaban J connectivity index is 2.10. The van der Waals surface area contributed by atoms with E-state index < -0.39 is 0 Å². The molecule has 0 N–H and O–H groups in total. The zero-order valence-corrected chi connectivity index (χ0v) is 8.46. The first-order valence-corrected chi connectivity index (χ1v) is 5.16. The summed E-state index contributed by atoms with van der Waals surface area (Å²) in [5, 5.41) is 0.249. The van der Waals surface area contributed by atoms with Crippen LogP contribution in [0.4, 0.5) is 4.79 Å². The molecule has 3 nitrogen and oxygen atoms in total. The molecule has 1 unspecified atom stereocenters. The third kappa shape index (κ3) is 1.50. The van der Waals surface area contributed by atoms with E-state index in [4.69, 9.17) is 16.3 Å². The van der Waals surface area contributed by atoms with Gasteiger partial charge in [-0.2, -0.15) is 0 Å². The zero-order valence-electron chi connectivity index (χ0n) is 7.70. The summed E-state index contributed by atoms with van der Waals surface area (Å²) in [5.74, 6) is 0. The van der Waals surface area contributed by atoms with Crippen molar-refractivity contribution in [2.45, 2.75) is 43.1 Å². The van der Waals surface area contributed by atoms with Crippen LogP contribution in [0.1, 0.15) is 25.7 Å². The molecule has 2 rings (SSSR count). The molecule has 1 amide bonds. The predicted octanol–water partition coefficient (Wildman–Crippen LogP) is 1.99. The number of fused-ring (bicyclic) bond motifs is 2. The summed E-state index contributed by atoms with van der Waals surface area (Å²) in [7, 11) is 1.44. The van der Waals surface area contributed by atoms with Crippen LogP contribution in [0.15, 0.2) is 0 Å². The summed E-state index contributed by atoms with van der Waals surface area (Å²) in [6, 6.07) is 0.655. The van der Waals surface area contributed by atoms with Crippen molar-refractivity contribution in [2.75, 3.05) is 7.11 Å². The topological polar surface area (TPSA) is 29.5 Å². The van der Waals surface area contributed by atoms with E-state index in [9.17, 15) is 4.79 Å². The van der Waals surface area contributed by atoms with Crippen LogP contribution in [0.25, 0.3) is 0 Å². The van der Waals surface area contributed by atoms with Gasteiger partial charge in [0, 0.05) is 17.5 Å². The molecule has 13 heavy (non-hydrogen) atoms. The molecule has 2 aliphatic heterocycles. The van der Waals surface area contributed by atoms with Gasteiger partial charge in [-0.15, -0.1) is 11.6 Å². The molecule has 0 aromatic carbocycles. The highest BCUT2D eigenvalue weighted by molar-refractivity contribution is 6.20. The Morgan fingerprint density at radius 3 is 2.38 bits per heavy atom. The number of hydrogen-bond donors (Lipinski definition) is 0. The Bertz CT molecular complexity index is 208. The van der Waals surface area contributed by atoms with Gasteiger partial charge in [0.05, 0.1) is 7.11 Å². The average molecular weight is 204 g/mol. The summed E-state index contributed by atoms with van der Waals surface area (Å²) >= 11 is 6.08. The van der Waals surface area contributed by atoms with Crippen LogP contribution >= 0.6 is 11.6 Å². The fraction of sp³-hybridized carbons (Fsp3) is 0.889. The quantitative estimate of drug-likeness (QED) is 0.564. The van der Waals surface area contributed by atoms with Crippen molar-refractivity contribution in [3.05, 3.63) is 0 Å². The lowest BCUT2D eigenvalue weighted by Gasteiger charge is -2.35. The van der Waals surface area contributed by atoms with Gasteiger partial charge in [-0.3, -0.25) is 0 Å². The van der Waals surface area contributed by atoms with Crippen LogP contribution in [-0.2, 0) is 4.74 Å². The molecule has 2 aliphatic rings. The highest BCUT2D eigenvalue weighted by Gasteiger charge is 2.43. The van der Waals surface area contributed by atoms with Crippen molar-refractivity contribution in [3.63, 3.8) is 0 Å². The fourth-order valence-corrected chi connectivity index (χ4v) is 2.93. The van der Waals surface area contributed by atoms with Gasteiger partial charge in [-0.25, -0.2) is 4.79 Å². The van der Waals surface area contributed by atoms with E-state index in [2.05, 4.69) is 0 Å². The minimum absolute atomic E-state index is 0.184. The van der Waals surface area contributed by atoms with Crippen LogP contribution in [0, 0.1) is 0 Å². The molecular formula is C9H14ClNO2. The standard InChI is InChI=1S/C9H14ClNO2/c1-13-9(12)11-7-2-3-8(11)5-6(10)4-7/h6-8H,2-5H2,1H3/t6?,7-,8+. The molecule has 74 valence electrons. The van der Waals surface area contributed by atoms with Crippen molar-refractivity contribution < 1.29 is 9.53 Å². The molecule has 2 saturated heterocycles. The number of alkyl halides is 1. The zero-order chi connectivity index (χ0) is 9.42. The molecule has 0 saturated carbocycles. The van der Waals surface area contributed by atoms with E-state index in [0.29, 0.717) is 12.1 Å². The van der Waals surface area contributed by atoms with Crippen molar-refractivity contribution in [3.8, 4) is 0 Å². The number of amides is 1. The van der Waals surface area contributed by atoms with Crippen molar-refractivity contribution in [2.24, 2.45) is 0 Å². The van der Waals surface area contributed by atoms with Gasteiger partial charge in [-0.05, 0) is 25.7 Å². The predicted molar refractivity (Wildman–Crippen MR) is 49.9 cm³/mol. The Hall–Kier alpha value is -0.440. The van der Waals surface area contributed by atoms with E-state index in [1.54, 1.807) is 0 Å². The van der Waals surface area contributed by atoms with Gasteiger partial charge in [0.2, 0.25) is 0 Å². The Morgan fingerprint density at radius 1 is 1.38 bits per heavy atom. The first-order chi connectivity index (χ1) is 6.22. The SMILES string of the molecule is COC(=O)N1[C@@H]2CC[C@H]1CC(Cl)C2. The number of rotatable bonds is 0. The van der Waals surface area contributed by atoms with Crippen molar-refractivity contribution in [1.29, 1.82) is 0 Å². The molecule has 2 fully saturated rings. The molecule has 3 atom stereocenters. The van der Waals surface area contributed by atoms with Crippen LogP contribution in [0.2, 0.25) is 0 Å². The number of halogens is 1. The maximum atomic E-state index is 11.4. The molecule has 2 bridgehead atoms. The first kappa shape index (κ1) is 9.13. The summed E-state index contributed by atoms with van der Waals surface area (Å²) in [6.45, 7) is 0.